The Morgan fingerprint density at radius 2 is 2.03 bits per heavy atom. The van der Waals surface area contributed by atoms with Crippen molar-refractivity contribution in [1.29, 1.82) is 0 Å². The van der Waals surface area contributed by atoms with Crippen molar-refractivity contribution in [2.75, 3.05) is 30.6 Å². The highest BCUT2D eigenvalue weighted by atomic mass is 35.5. The molecule has 0 saturated carbocycles. The lowest BCUT2D eigenvalue weighted by Gasteiger charge is -2.44. The molecule has 1 aliphatic heterocycles. The van der Waals surface area contributed by atoms with E-state index in [0.29, 0.717) is 23.9 Å². The van der Waals surface area contributed by atoms with Gasteiger partial charge in [-0.15, -0.1) is 0 Å². The van der Waals surface area contributed by atoms with Crippen LogP contribution in [0.4, 0.5) is 5.69 Å². The Morgan fingerprint density at radius 1 is 1.31 bits per heavy atom. The summed E-state index contributed by atoms with van der Waals surface area (Å²) in [4.78, 5) is 23.9. The maximum absolute atomic E-state index is 12.4. The highest BCUT2D eigenvalue weighted by molar-refractivity contribution is 6.33. The van der Waals surface area contributed by atoms with Crippen LogP contribution in [0.5, 0.6) is 0 Å². The number of fused-ring (bicyclic) bond motifs is 3. The number of hydrogen-bond acceptors (Lipinski definition) is 5. The van der Waals surface area contributed by atoms with Crippen LogP contribution in [-0.2, 0) is 11.3 Å². The van der Waals surface area contributed by atoms with E-state index in [1.54, 1.807) is 11.8 Å². The van der Waals surface area contributed by atoms with Crippen molar-refractivity contribution >= 4 is 23.3 Å². The number of carboxylic acid groups (broad SMARTS) is 1. The lowest BCUT2D eigenvalue weighted by Crippen LogP contribution is -2.51. The predicted molar refractivity (Wildman–Crippen MR) is 115 cm³/mol. The zero-order valence-electron chi connectivity index (χ0n) is 17.1. The van der Waals surface area contributed by atoms with E-state index < -0.39 is 11.4 Å². The highest BCUT2D eigenvalue weighted by Gasteiger charge is 2.31. The summed E-state index contributed by atoms with van der Waals surface area (Å²) in [7, 11) is 1.67. The van der Waals surface area contributed by atoms with Crippen LogP contribution >= 0.6 is 11.6 Å². The van der Waals surface area contributed by atoms with Crippen LogP contribution in [0.15, 0.2) is 29.2 Å². The van der Waals surface area contributed by atoms with Crippen LogP contribution in [0.25, 0.3) is 11.3 Å². The lowest BCUT2D eigenvalue weighted by atomic mass is 9.97. The van der Waals surface area contributed by atoms with Crippen molar-refractivity contribution in [3.63, 3.8) is 0 Å². The van der Waals surface area contributed by atoms with E-state index in [-0.39, 0.29) is 11.1 Å². The third-order valence-electron chi connectivity index (χ3n) is 4.93. The molecule has 0 atom stereocenters. The third-order valence-corrected chi connectivity index (χ3v) is 5.24. The van der Waals surface area contributed by atoms with E-state index in [1.807, 2.05) is 37.9 Å². The monoisotopic (exact) mass is 419 g/mol. The number of halogens is 1. The minimum atomic E-state index is -1.24. The molecule has 2 heterocycles. The number of hydrogen-bond donors (Lipinski definition) is 2. The number of pyridine rings is 1. The zero-order chi connectivity index (χ0) is 21.3. The first-order valence-electron chi connectivity index (χ1n) is 9.47. The third kappa shape index (κ3) is 4.26. The summed E-state index contributed by atoms with van der Waals surface area (Å²) >= 11 is 6.50. The fourth-order valence-corrected chi connectivity index (χ4v) is 3.68. The molecule has 1 aromatic heterocycles. The molecule has 3 rings (SSSR count). The molecule has 1 aromatic carbocycles. The molecule has 2 N–H and O–H groups in total. The minimum Gasteiger partial charge on any atom is -0.477 e. The molecule has 0 unspecified atom stereocenters. The fourth-order valence-electron chi connectivity index (χ4n) is 3.45. The first-order valence-corrected chi connectivity index (χ1v) is 9.85. The number of ether oxygens (including phenoxy) is 1. The number of aromatic carboxylic acids is 1. The quantitative estimate of drug-likeness (QED) is 0.696. The van der Waals surface area contributed by atoms with Crippen LogP contribution in [0.2, 0.25) is 5.02 Å². The van der Waals surface area contributed by atoms with E-state index in [4.69, 9.17) is 16.3 Å². The van der Waals surface area contributed by atoms with Crippen LogP contribution in [0.1, 0.15) is 43.1 Å². The molecule has 0 bridgehead atoms. The smallest absolute Gasteiger partial charge is 0.341 e. The topological polar surface area (TPSA) is 83.8 Å². The Kier molecular flexibility index (Phi) is 5.91. The summed E-state index contributed by atoms with van der Waals surface area (Å²) in [6.07, 6.45) is 2.26. The molecular formula is C21H26ClN3O4. The molecule has 2 aromatic rings. The first kappa shape index (κ1) is 21.2. The molecule has 1 aliphatic rings. The van der Waals surface area contributed by atoms with Gasteiger partial charge in [0.25, 0.3) is 0 Å². The molecule has 0 fully saturated rings. The first-order chi connectivity index (χ1) is 13.6. The molecule has 0 saturated heterocycles. The highest BCUT2D eigenvalue weighted by Crippen LogP contribution is 2.37. The average Bonchev–Trinajstić information content (AvgIpc) is 2.63. The van der Waals surface area contributed by atoms with E-state index >= 15 is 0 Å². The Labute approximate surface area is 174 Å². The van der Waals surface area contributed by atoms with Gasteiger partial charge in [0.2, 0.25) is 0 Å². The van der Waals surface area contributed by atoms with Gasteiger partial charge in [-0.05, 0) is 44.9 Å². The van der Waals surface area contributed by atoms with Crippen LogP contribution in [-0.4, -0.2) is 41.6 Å². The Hall–Kier alpha value is -2.51. The Bertz CT molecular complexity index is 995. The summed E-state index contributed by atoms with van der Waals surface area (Å²) < 4.78 is 6.83. The maximum Gasteiger partial charge on any atom is 0.341 e. The predicted octanol–water partition coefficient (Wildman–Crippen LogP) is 3.57. The van der Waals surface area contributed by atoms with Gasteiger partial charge in [-0.1, -0.05) is 11.6 Å². The Morgan fingerprint density at radius 3 is 2.66 bits per heavy atom. The number of anilines is 1. The normalized spacial score (nSPS) is 13.1. The van der Waals surface area contributed by atoms with Gasteiger partial charge in [0.15, 0.2) is 5.43 Å². The number of rotatable bonds is 6. The van der Waals surface area contributed by atoms with Crippen molar-refractivity contribution in [1.82, 2.24) is 4.68 Å². The van der Waals surface area contributed by atoms with Crippen LogP contribution < -0.4 is 15.8 Å². The second kappa shape index (κ2) is 8.08. The molecule has 0 aliphatic carbocycles. The number of nitrogens with one attached hydrogen (secondary N) is 1. The largest absolute Gasteiger partial charge is 0.477 e. The second-order valence-electron chi connectivity index (χ2n) is 8.08. The SMILES string of the molecule is COCCCNc1cc2c(cc1Cl)-c1cc(=O)c(C(=O)O)cn1N(C(C)(C)C)C2. The number of nitrogens with zero attached hydrogens (tertiary/aromatic N) is 2. The Balaban J connectivity index is 2.11. The fraction of sp³-hybridized carbons (Fsp3) is 0.429. The van der Waals surface area contributed by atoms with Gasteiger partial charge >= 0.3 is 5.97 Å². The van der Waals surface area contributed by atoms with Gasteiger partial charge in [0.1, 0.15) is 5.56 Å². The number of carbonyl (C=O) groups is 1. The molecule has 0 spiro atoms. The molecule has 0 amide bonds. The molecule has 8 heteroatoms. The van der Waals surface area contributed by atoms with E-state index in [2.05, 4.69) is 5.32 Å². The van der Waals surface area contributed by atoms with E-state index in [9.17, 15) is 14.7 Å². The number of methoxy groups -OCH3 is 1. The van der Waals surface area contributed by atoms with E-state index in [0.717, 1.165) is 29.8 Å². The lowest BCUT2D eigenvalue weighted by molar-refractivity contribution is 0.0694. The van der Waals surface area contributed by atoms with Crippen molar-refractivity contribution in [3.05, 3.63) is 50.8 Å². The van der Waals surface area contributed by atoms with Crippen LogP contribution in [0.3, 0.4) is 0 Å². The van der Waals surface area contributed by atoms with Gasteiger partial charge in [-0.25, -0.2) is 4.79 Å². The molecule has 29 heavy (non-hydrogen) atoms. The summed E-state index contributed by atoms with van der Waals surface area (Å²) in [5.74, 6) is -1.24. The number of benzene rings is 1. The second-order valence-corrected chi connectivity index (χ2v) is 8.48. The van der Waals surface area contributed by atoms with Crippen molar-refractivity contribution in [3.8, 4) is 11.3 Å². The number of carboxylic acids is 1. The average molecular weight is 420 g/mol. The summed E-state index contributed by atoms with van der Waals surface area (Å²) in [6.45, 7) is 8.07. The van der Waals surface area contributed by atoms with Gasteiger partial charge in [0.05, 0.1) is 22.9 Å². The van der Waals surface area contributed by atoms with Crippen molar-refractivity contribution < 1.29 is 14.6 Å². The molecule has 156 valence electrons. The molecule has 7 nitrogen and oxygen atoms in total. The summed E-state index contributed by atoms with van der Waals surface area (Å²) in [5.41, 5.74) is 2.21. The zero-order valence-corrected chi connectivity index (χ0v) is 17.8. The van der Waals surface area contributed by atoms with Crippen molar-refractivity contribution in [2.24, 2.45) is 0 Å². The van der Waals surface area contributed by atoms with Gasteiger partial charge < -0.3 is 20.2 Å². The van der Waals surface area contributed by atoms with Gasteiger partial charge in [-0.2, -0.15) is 0 Å². The van der Waals surface area contributed by atoms with Crippen molar-refractivity contribution in [2.45, 2.75) is 39.3 Å². The maximum atomic E-state index is 12.4. The minimum absolute atomic E-state index is 0.256. The van der Waals surface area contributed by atoms with Gasteiger partial charge in [-0.3, -0.25) is 9.47 Å². The van der Waals surface area contributed by atoms with Crippen LogP contribution in [0, 0.1) is 0 Å². The molecule has 0 radical (unpaired) electrons. The van der Waals surface area contributed by atoms with Gasteiger partial charge in [0, 0.05) is 43.6 Å². The van der Waals surface area contributed by atoms with E-state index in [1.165, 1.54) is 12.3 Å². The summed E-state index contributed by atoms with van der Waals surface area (Å²) in [5, 5.41) is 15.3. The summed E-state index contributed by atoms with van der Waals surface area (Å²) in [6, 6.07) is 5.21. The molecular weight excluding hydrogens is 394 g/mol. The standard InChI is InChI=1S/C21H26ClN3O4/c1-21(2,3)25-11-13-8-17(23-6-5-7-29-4)16(22)9-14(13)18-10-19(26)15(20(27)28)12-24(18)25/h8-10,12,23H,5-7,11H2,1-4H3,(H,27,28). The number of aromatic nitrogens is 1.